The monoisotopic (exact) mass is 485 g/mol. The maximum atomic E-state index is 12.6. The van der Waals surface area contributed by atoms with Crippen molar-refractivity contribution in [3.63, 3.8) is 0 Å². The number of halogens is 1. The van der Waals surface area contributed by atoms with Gasteiger partial charge in [-0.2, -0.15) is 9.61 Å². The average Bonchev–Trinajstić information content (AvgIpc) is 2.93. The molecular weight excluding hydrogens is 461 g/mol. The molecule has 2 aromatic rings. The average molecular weight is 485 g/mol. The number of nitrogens with one attached hydrogen (secondary N) is 1. The molecule has 3 rings (SSSR count). The minimum absolute atomic E-state index is 0.192. The molecular formula is C18H24IN5O3. The fraction of sp³-hybridized carbons (Fsp3) is 0.556. The molecule has 2 amide bonds. The number of nitrogens with zero attached hydrogens (tertiary/aromatic N) is 4. The molecule has 1 aliphatic rings. The second-order valence-corrected chi connectivity index (χ2v) is 9.12. The molecule has 0 aliphatic heterocycles. The minimum Gasteiger partial charge on any atom is -0.443 e. The number of anilines is 1. The van der Waals surface area contributed by atoms with Gasteiger partial charge in [0.15, 0.2) is 5.65 Å². The highest BCUT2D eigenvalue weighted by Gasteiger charge is 2.29. The molecule has 2 aromatic heterocycles. The smallest absolute Gasteiger partial charge is 0.415 e. The summed E-state index contributed by atoms with van der Waals surface area (Å²) in [6.45, 7) is 7.59. The minimum atomic E-state index is -0.611. The fourth-order valence-corrected chi connectivity index (χ4v) is 3.53. The lowest BCUT2D eigenvalue weighted by Gasteiger charge is -2.33. The quantitative estimate of drug-likeness (QED) is 0.533. The third-order valence-corrected chi connectivity index (χ3v) is 4.94. The Hall–Kier alpha value is -1.91. The molecule has 0 saturated heterocycles. The van der Waals surface area contributed by atoms with Crippen LogP contribution in [0, 0.1) is 9.62 Å². The third-order valence-electron chi connectivity index (χ3n) is 4.39. The Bertz CT molecular complexity index is 883. The van der Waals surface area contributed by atoms with Crippen molar-refractivity contribution in [2.24, 2.45) is 5.92 Å². The van der Waals surface area contributed by atoms with Crippen LogP contribution in [0.3, 0.4) is 0 Å². The predicted molar refractivity (Wildman–Crippen MR) is 110 cm³/mol. The number of carbonyl (C=O) groups excluding carboxylic acids is 2. The maximum absolute atomic E-state index is 12.6. The van der Waals surface area contributed by atoms with E-state index in [0.29, 0.717) is 26.6 Å². The first-order valence-electron chi connectivity index (χ1n) is 8.87. The van der Waals surface area contributed by atoms with E-state index in [0.717, 1.165) is 12.8 Å². The zero-order valence-corrected chi connectivity index (χ0v) is 18.3. The Morgan fingerprint density at radius 2 is 2.04 bits per heavy atom. The molecule has 27 heavy (non-hydrogen) atoms. The van der Waals surface area contributed by atoms with E-state index in [4.69, 9.17) is 4.74 Å². The molecule has 0 radical (unpaired) electrons. The van der Waals surface area contributed by atoms with Crippen LogP contribution in [-0.4, -0.2) is 45.3 Å². The lowest BCUT2D eigenvalue weighted by Crippen LogP contribution is -2.43. The predicted octanol–water partition coefficient (Wildman–Crippen LogP) is 3.23. The van der Waals surface area contributed by atoms with Gasteiger partial charge in [0, 0.05) is 19.2 Å². The summed E-state index contributed by atoms with van der Waals surface area (Å²) in [5.41, 5.74) is 0.198. The number of amides is 2. The van der Waals surface area contributed by atoms with Crippen molar-refractivity contribution in [3.8, 4) is 0 Å². The van der Waals surface area contributed by atoms with Gasteiger partial charge in [-0.3, -0.25) is 9.69 Å². The van der Waals surface area contributed by atoms with Crippen molar-refractivity contribution in [2.45, 2.75) is 52.2 Å². The second kappa shape index (κ2) is 7.25. The topological polar surface area (TPSA) is 88.8 Å². The van der Waals surface area contributed by atoms with Crippen molar-refractivity contribution in [3.05, 3.63) is 21.5 Å². The number of hydrogen-bond acceptors (Lipinski definition) is 5. The summed E-state index contributed by atoms with van der Waals surface area (Å²) >= 11 is 2.06. The zero-order valence-electron chi connectivity index (χ0n) is 16.1. The summed E-state index contributed by atoms with van der Waals surface area (Å²) in [4.78, 5) is 30.9. The molecule has 1 fully saturated rings. The van der Waals surface area contributed by atoms with Crippen LogP contribution >= 0.6 is 22.6 Å². The SMILES string of the molecule is CC1CC(NC(=O)c2cnn3c(N(C)C(=O)OC(C)(C)C)cc(I)nc23)C1. The summed E-state index contributed by atoms with van der Waals surface area (Å²) in [5, 5.41) is 7.31. The lowest BCUT2D eigenvalue weighted by atomic mass is 9.82. The summed E-state index contributed by atoms with van der Waals surface area (Å²) in [6, 6.07) is 1.92. The van der Waals surface area contributed by atoms with Gasteiger partial charge in [-0.05, 0) is 62.1 Å². The Balaban J connectivity index is 1.90. The van der Waals surface area contributed by atoms with Gasteiger partial charge in [0.1, 0.15) is 20.7 Å². The first kappa shape index (κ1) is 19.8. The van der Waals surface area contributed by atoms with E-state index in [1.807, 2.05) is 20.8 Å². The number of ether oxygens (including phenoxy) is 1. The molecule has 1 saturated carbocycles. The highest BCUT2D eigenvalue weighted by Crippen LogP contribution is 2.27. The summed E-state index contributed by atoms with van der Waals surface area (Å²) in [7, 11) is 1.61. The Morgan fingerprint density at radius 1 is 1.37 bits per heavy atom. The Labute approximate surface area is 171 Å². The second-order valence-electron chi connectivity index (χ2n) is 8.02. The zero-order chi connectivity index (χ0) is 19.9. The van der Waals surface area contributed by atoms with Gasteiger partial charge < -0.3 is 10.1 Å². The molecule has 1 N–H and O–H groups in total. The van der Waals surface area contributed by atoms with Gasteiger partial charge in [-0.25, -0.2) is 9.78 Å². The van der Waals surface area contributed by atoms with Crippen LogP contribution in [0.1, 0.15) is 50.9 Å². The lowest BCUT2D eigenvalue weighted by molar-refractivity contribution is 0.0587. The van der Waals surface area contributed by atoms with Gasteiger partial charge in [0.05, 0.1) is 6.20 Å². The largest absolute Gasteiger partial charge is 0.443 e. The van der Waals surface area contributed by atoms with Crippen LogP contribution in [0.15, 0.2) is 12.3 Å². The molecule has 9 heteroatoms. The van der Waals surface area contributed by atoms with E-state index in [1.165, 1.54) is 15.6 Å². The summed E-state index contributed by atoms with van der Waals surface area (Å²) in [5.74, 6) is 0.935. The first-order chi connectivity index (χ1) is 12.5. The molecule has 0 atom stereocenters. The van der Waals surface area contributed by atoms with Crippen LogP contribution in [0.4, 0.5) is 10.6 Å². The van der Waals surface area contributed by atoms with Crippen LogP contribution in [0.2, 0.25) is 0 Å². The molecule has 0 bridgehead atoms. The van der Waals surface area contributed by atoms with Crippen LogP contribution < -0.4 is 10.2 Å². The van der Waals surface area contributed by atoms with E-state index in [2.05, 4.69) is 44.9 Å². The highest BCUT2D eigenvalue weighted by molar-refractivity contribution is 14.1. The van der Waals surface area contributed by atoms with Crippen LogP contribution in [0.25, 0.3) is 5.65 Å². The van der Waals surface area contributed by atoms with Crippen molar-refractivity contribution in [2.75, 3.05) is 11.9 Å². The van der Waals surface area contributed by atoms with E-state index >= 15 is 0 Å². The van der Waals surface area contributed by atoms with Crippen molar-refractivity contribution in [1.29, 1.82) is 0 Å². The fourth-order valence-electron chi connectivity index (χ4n) is 3.02. The normalized spacial score (nSPS) is 19.5. The molecule has 0 unspecified atom stereocenters. The van der Waals surface area contributed by atoms with Gasteiger partial charge in [0.25, 0.3) is 5.91 Å². The van der Waals surface area contributed by atoms with E-state index < -0.39 is 11.7 Å². The van der Waals surface area contributed by atoms with Gasteiger partial charge in [0.2, 0.25) is 0 Å². The van der Waals surface area contributed by atoms with Crippen molar-refractivity contribution in [1.82, 2.24) is 19.9 Å². The molecule has 146 valence electrons. The summed E-state index contributed by atoms with van der Waals surface area (Å²) in [6.07, 6.45) is 2.96. The number of fused-ring (bicyclic) bond motifs is 1. The van der Waals surface area contributed by atoms with Gasteiger partial charge in [-0.15, -0.1) is 0 Å². The molecule has 0 aromatic carbocycles. The van der Waals surface area contributed by atoms with E-state index in [9.17, 15) is 9.59 Å². The van der Waals surface area contributed by atoms with Crippen LogP contribution in [0.5, 0.6) is 0 Å². The van der Waals surface area contributed by atoms with E-state index in [1.54, 1.807) is 13.1 Å². The van der Waals surface area contributed by atoms with Crippen molar-refractivity contribution >= 4 is 46.1 Å². The van der Waals surface area contributed by atoms with Crippen LogP contribution in [-0.2, 0) is 4.74 Å². The van der Waals surface area contributed by atoms with Gasteiger partial charge >= 0.3 is 6.09 Å². The first-order valence-corrected chi connectivity index (χ1v) is 9.95. The van der Waals surface area contributed by atoms with Gasteiger partial charge in [-0.1, -0.05) is 6.92 Å². The molecule has 0 spiro atoms. The maximum Gasteiger partial charge on any atom is 0.415 e. The standard InChI is InChI=1S/C18H24IN5O3/c1-10-6-11(7-10)21-16(25)12-9-20-24-14(8-13(19)22-15(12)24)23(5)17(26)27-18(2,3)4/h8-11H,6-7H2,1-5H3,(H,21,25). The molecule has 8 nitrogen and oxygen atoms in total. The Morgan fingerprint density at radius 3 is 2.63 bits per heavy atom. The summed E-state index contributed by atoms with van der Waals surface area (Å²) < 4.78 is 7.57. The number of rotatable bonds is 3. The number of hydrogen-bond donors (Lipinski definition) is 1. The Kier molecular flexibility index (Phi) is 5.33. The number of aromatic nitrogens is 3. The molecule has 2 heterocycles. The van der Waals surface area contributed by atoms with Crippen molar-refractivity contribution < 1.29 is 14.3 Å². The number of carbonyl (C=O) groups is 2. The third kappa shape index (κ3) is 4.33. The molecule has 1 aliphatic carbocycles. The highest BCUT2D eigenvalue weighted by atomic mass is 127. The van der Waals surface area contributed by atoms with E-state index in [-0.39, 0.29) is 11.9 Å².